The first-order valence-corrected chi connectivity index (χ1v) is 4.03. The summed E-state index contributed by atoms with van der Waals surface area (Å²) in [7, 11) is 0. The summed E-state index contributed by atoms with van der Waals surface area (Å²) in [4.78, 5) is 4.35. The first kappa shape index (κ1) is 6.79. The summed E-state index contributed by atoms with van der Waals surface area (Å²) in [6, 6.07) is 0. The normalized spacial score (nSPS) is 15.4. The standard InChI is InChI=1S/C7H12N4/c8-4-3-6-9-7-2-1-5-11(7)10-6/h1-5,8H2. The molecule has 1 aromatic heterocycles. The van der Waals surface area contributed by atoms with E-state index in [9.17, 15) is 0 Å². The van der Waals surface area contributed by atoms with Gasteiger partial charge in [0.15, 0.2) is 5.82 Å². The van der Waals surface area contributed by atoms with E-state index in [0.29, 0.717) is 6.54 Å². The third-order valence-electron chi connectivity index (χ3n) is 1.93. The van der Waals surface area contributed by atoms with E-state index in [4.69, 9.17) is 5.73 Å². The highest BCUT2D eigenvalue weighted by Crippen LogP contribution is 2.10. The Balaban J connectivity index is 2.20. The third kappa shape index (κ3) is 1.14. The van der Waals surface area contributed by atoms with E-state index < -0.39 is 0 Å². The average molecular weight is 152 g/mol. The number of nitrogens with two attached hydrogens (primary N) is 1. The van der Waals surface area contributed by atoms with Crippen molar-refractivity contribution in [2.24, 2.45) is 5.73 Å². The van der Waals surface area contributed by atoms with Crippen LogP contribution < -0.4 is 5.73 Å². The zero-order chi connectivity index (χ0) is 7.68. The molecule has 0 bridgehead atoms. The average Bonchev–Trinajstić information content (AvgIpc) is 2.46. The number of hydrogen-bond acceptors (Lipinski definition) is 3. The molecule has 0 unspecified atom stereocenters. The fourth-order valence-electron chi connectivity index (χ4n) is 1.41. The minimum absolute atomic E-state index is 0.642. The highest BCUT2D eigenvalue weighted by molar-refractivity contribution is 4.97. The Kier molecular flexibility index (Phi) is 1.62. The number of hydrogen-bond donors (Lipinski definition) is 1. The molecule has 1 aliphatic rings. The Bertz CT molecular complexity index is 231. The van der Waals surface area contributed by atoms with Gasteiger partial charge in [-0.15, -0.1) is 0 Å². The van der Waals surface area contributed by atoms with Crippen molar-refractivity contribution in [2.45, 2.75) is 25.8 Å². The molecular formula is C7H12N4. The Morgan fingerprint density at radius 3 is 3.18 bits per heavy atom. The summed E-state index contributed by atoms with van der Waals surface area (Å²) in [5.74, 6) is 2.04. The molecule has 0 radical (unpaired) electrons. The molecule has 0 saturated carbocycles. The van der Waals surface area contributed by atoms with Gasteiger partial charge in [0.1, 0.15) is 5.82 Å². The molecule has 1 aliphatic heterocycles. The molecule has 4 heteroatoms. The van der Waals surface area contributed by atoms with Crippen LogP contribution in [-0.2, 0) is 19.4 Å². The lowest BCUT2D eigenvalue weighted by molar-refractivity contribution is 0.642. The van der Waals surface area contributed by atoms with Crippen LogP contribution in [0.2, 0.25) is 0 Å². The smallest absolute Gasteiger partial charge is 0.152 e. The molecule has 0 fully saturated rings. The van der Waals surface area contributed by atoms with E-state index in [1.54, 1.807) is 0 Å². The molecular weight excluding hydrogens is 140 g/mol. The van der Waals surface area contributed by atoms with Gasteiger partial charge < -0.3 is 5.73 Å². The molecule has 0 saturated heterocycles. The second-order valence-corrected chi connectivity index (χ2v) is 2.81. The van der Waals surface area contributed by atoms with Crippen LogP contribution in [0, 0.1) is 0 Å². The van der Waals surface area contributed by atoms with Crippen LogP contribution in [-0.4, -0.2) is 21.3 Å². The van der Waals surface area contributed by atoms with Crippen LogP contribution in [0.5, 0.6) is 0 Å². The fraction of sp³-hybridized carbons (Fsp3) is 0.714. The Morgan fingerprint density at radius 2 is 2.45 bits per heavy atom. The van der Waals surface area contributed by atoms with E-state index in [-0.39, 0.29) is 0 Å². The van der Waals surface area contributed by atoms with Gasteiger partial charge in [0.05, 0.1) is 0 Å². The molecule has 0 aliphatic carbocycles. The molecule has 2 rings (SSSR count). The van der Waals surface area contributed by atoms with E-state index in [0.717, 1.165) is 31.0 Å². The van der Waals surface area contributed by atoms with Crippen LogP contribution in [0.25, 0.3) is 0 Å². The summed E-state index contributed by atoms with van der Waals surface area (Å²) < 4.78 is 1.99. The maximum atomic E-state index is 5.39. The van der Waals surface area contributed by atoms with Gasteiger partial charge in [-0.05, 0) is 13.0 Å². The number of fused-ring (bicyclic) bond motifs is 1. The lowest BCUT2D eigenvalue weighted by Gasteiger charge is -1.89. The van der Waals surface area contributed by atoms with Gasteiger partial charge >= 0.3 is 0 Å². The van der Waals surface area contributed by atoms with Crippen molar-refractivity contribution in [3.05, 3.63) is 11.6 Å². The highest BCUT2D eigenvalue weighted by Gasteiger charge is 2.14. The summed E-state index contributed by atoms with van der Waals surface area (Å²) in [6.45, 7) is 1.68. The summed E-state index contributed by atoms with van der Waals surface area (Å²) >= 11 is 0. The van der Waals surface area contributed by atoms with E-state index >= 15 is 0 Å². The Morgan fingerprint density at radius 1 is 1.55 bits per heavy atom. The second kappa shape index (κ2) is 2.62. The van der Waals surface area contributed by atoms with Crippen molar-refractivity contribution in [1.82, 2.24) is 14.8 Å². The van der Waals surface area contributed by atoms with Crippen LogP contribution in [0.4, 0.5) is 0 Å². The number of rotatable bonds is 2. The molecule has 0 spiro atoms. The molecule has 0 aromatic carbocycles. The molecule has 2 N–H and O–H groups in total. The lowest BCUT2D eigenvalue weighted by Crippen LogP contribution is -2.05. The fourth-order valence-corrected chi connectivity index (χ4v) is 1.41. The Hall–Kier alpha value is -0.900. The van der Waals surface area contributed by atoms with Gasteiger partial charge in [-0.1, -0.05) is 0 Å². The maximum Gasteiger partial charge on any atom is 0.152 e. The second-order valence-electron chi connectivity index (χ2n) is 2.81. The van der Waals surface area contributed by atoms with Crippen LogP contribution in [0.3, 0.4) is 0 Å². The van der Waals surface area contributed by atoms with Gasteiger partial charge in [0, 0.05) is 19.4 Å². The zero-order valence-electron chi connectivity index (χ0n) is 6.45. The summed E-state index contributed by atoms with van der Waals surface area (Å²) in [5.41, 5.74) is 5.39. The first-order chi connectivity index (χ1) is 5.40. The van der Waals surface area contributed by atoms with Crippen molar-refractivity contribution >= 4 is 0 Å². The lowest BCUT2D eigenvalue weighted by atomic mass is 10.3. The molecule has 0 amide bonds. The van der Waals surface area contributed by atoms with Crippen LogP contribution >= 0.6 is 0 Å². The number of aromatic nitrogens is 3. The number of aryl methyl sites for hydroxylation is 2. The first-order valence-electron chi connectivity index (χ1n) is 4.03. The molecule has 60 valence electrons. The zero-order valence-corrected chi connectivity index (χ0v) is 6.45. The predicted octanol–water partition coefficient (Wildman–Crippen LogP) is -0.275. The van der Waals surface area contributed by atoms with Crippen LogP contribution in [0.1, 0.15) is 18.1 Å². The van der Waals surface area contributed by atoms with Gasteiger partial charge in [-0.2, -0.15) is 5.10 Å². The SMILES string of the molecule is NCCc1nc2n(n1)CCC2. The van der Waals surface area contributed by atoms with Crippen LogP contribution in [0.15, 0.2) is 0 Å². The largest absolute Gasteiger partial charge is 0.330 e. The molecule has 4 nitrogen and oxygen atoms in total. The number of nitrogens with zero attached hydrogens (tertiary/aromatic N) is 3. The van der Waals surface area contributed by atoms with Crippen molar-refractivity contribution in [2.75, 3.05) is 6.54 Å². The molecule has 0 atom stereocenters. The minimum Gasteiger partial charge on any atom is -0.330 e. The quantitative estimate of drug-likeness (QED) is 0.634. The van der Waals surface area contributed by atoms with Gasteiger partial charge in [0.25, 0.3) is 0 Å². The summed E-state index contributed by atoms with van der Waals surface area (Å²) in [6.07, 6.45) is 3.08. The Labute approximate surface area is 65.4 Å². The minimum atomic E-state index is 0.642. The summed E-state index contributed by atoms with van der Waals surface area (Å²) in [5, 5.41) is 4.31. The molecule has 11 heavy (non-hydrogen) atoms. The maximum absolute atomic E-state index is 5.39. The van der Waals surface area contributed by atoms with Gasteiger partial charge in [-0.3, -0.25) is 0 Å². The van der Waals surface area contributed by atoms with Crippen molar-refractivity contribution in [3.8, 4) is 0 Å². The molecule has 1 aromatic rings. The topological polar surface area (TPSA) is 56.7 Å². The predicted molar refractivity (Wildman–Crippen MR) is 41.1 cm³/mol. The third-order valence-corrected chi connectivity index (χ3v) is 1.93. The monoisotopic (exact) mass is 152 g/mol. The van der Waals surface area contributed by atoms with Crippen molar-refractivity contribution in [3.63, 3.8) is 0 Å². The van der Waals surface area contributed by atoms with E-state index in [2.05, 4.69) is 10.1 Å². The van der Waals surface area contributed by atoms with E-state index in [1.807, 2.05) is 4.68 Å². The van der Waals surface area contributed by atoms with Crippen molar-refractivity contribution in [1.29, 1.82) is 0 Å². The van der Waals surface area contributed by atoms with E-state index in [1.165, 1.54) is 6.42 Å². The molecule has 2 heterocycles. The van der Waals surface area contributed by atoms with Gasteiger partial charge in [0.2, 0.25) is 0 Å². The highest BCUT2D eigenvalue weighted by atomic mass is 15.4. The van der Waals surface area contributed by atoms with Gasteiger partial charge in [-0.25, -0.2) is 9.67 Å². The van der Waals surface area contributed by atoms with Crippen molar-refractivity contribution < 1.29 is 0 Å².